The maximum absolute atomic E-state index is 5.87. The first-order valence-electron chi connectivity index (χ1n) is 6.27. The Morgan fingerprint density at radius 1 is 1.33 bits per heavy atom. The number of aryl methyl sites for hydroxylation is 1. The van der Waals surface area contributed by atoms with Crippen LogP contribution < -0.4 is 10.5 Å². The molecule has 2 rings (SSSR count). The Morgan fingerprint density at radius 2 is 2.11 bits per heavy atom. The quantitative estimate of drug-likeness (QED) is 0.850. The molecule has 0 aliphatic heterocycles. The van der Waals surface area contributed by atoms with Crippen LogP contribution in [-0.2, 0) is 6.54 Å². The Hall–Kier alpha value is -1.81. The number of nitrogens with zero attached hydrogens (tertiary/aromatic N) is 2. The molecule has 18 heavy (non-hydrogen) atoms. The summed E-state index contributed by atoms with van der Waals surface area (Å²) in [6, 6.07) is 10.0. The average molecular weight is 245 g/mol. The highest BCUT2D eigenvalue weighted by Gasteiger charge is 2.11. The number of aromatic nitrogens is 2. The van der Waals surface area contributed by atoms with Crippen LogP contribution in [0.1, 0.15) is 25.0 Å². The van der Waals surface area contributed by atoms with Gasteiger partial charge in [-0.15, -0.1) is 0 Å². The summed E-state index contributed by atoms with van der Waals surface area (Å²) in [5, 5.41) is 4.24. The molecule has 0 aliphatic carbocycles. The zero-order valence-corrected chi connectivity index (χ0v) is 10.6. The fourth-order valence-corrected chi connectivity index (χ4v) is 1.84. The molecule has 2 aromatic rings. The van der Waals surface area contributed by atoms with E-state index in [4.69, 9.17) is 10.5 Å². The van der Waals surface area contributed by atoms with Crippen LogP contribution in [0.3, 0.4) is 0 Å². The SMILES string of the molecule is CCCn1cc(OC(CN)c2ccccc2)cn1. The summed E-state index contributed by atoms with van der Waals surface area (Å²) >= 11 is 0. The number of benzene rings is 1. The van der Waals surface area contributed by atoms with E-state index >= 15 is 0 Å². The van der Waals surface area contributed by atoms with Gasteiger partial charge in [-0.1, -0.05) is 37.3 Å². The molecule has 1 unspecified atom stereocenters. The first-order valence-corrected chi connectivity index (χ1v) is 6.27. The third-order valence-corrected chi connectivity index (χ3v) is 2.73. The van der Waals surface area contributed by atoms with E-state index in [0.29, 0.717) is 6.54 Å². The van der Waals surface area contributed by atoms with Crippen LogP contribution >= 0.6 is 0 Å². The van der Waals surface area contributed by atoms with Crippen LogP contribution in [0.4, 0.5) is 0 Å². The van der Waals surface area contributed by atoms with Crippen molar-refractivity contribution >= 4 is 0 Å². The van der Waals surface area contributed by atoms with Crippen molar-refractivity contribution in [2.45, 2.75) is 26.0 Å². The van der Waals surface area contributed by atoms with Crippen molar-refractivity contribution in [2.24, 2.45) is 5.73 Å². The van der Waals surface area contributed by atoms with Gasteiger partial charge < -0.3 is 10.5 Å². The minimum absolute atomic E-state index is 0.120. The van der Waals surface area contributed by atoms with Gasteiger partial charge in [-0.2, -0.15) is 5.10 Å². The van der Waals surface area contributed by atoms with E-state index in [-0.39, 0.29) is 6.10 Å². The van der Waals surface area contributed by atoms with Gasteiger partial charge in [-0.3, -0.25) is 4.68 Å². The van der Waals surface area contributed by atoms with Crippen LogP contribution in [0.2, 0.25) is 0 Å². The van der Waals surface area contributed by atoms with E-state index < -0.39 is 0 Å². The third kappa shape index (κ3) is 3.11. The summed E-state index contributed by atoms with van der Waals surface area (Å²) in [4.78, 5) is 0. The summed E-state index contributed by atoms with van der Waals surface area (Å²) in [6.07, 6.45) is 4.58. The number of rotatable bonds is 6. The monoisotopic (exact) mass is 245 g/mol. The molecule has 0 fully saturated rings. The fraction of sp³-hybridized carbons (Fsp3) is 0.357. The van der Waals surface area contributed by atoms with Gasteiger partial charge in [0.25, 0.3) is 0 Å². The first kappa shape index (κ1) is 12.6. The summed E-state index contributed by atoms with van der Waals surface area (Å²) in [5.74, 6) is 0.766. The molecule has 0 saturated carbocycles. The molecule has 2 N–H and O–H groups in total. The molecule has 0 spiro atoms. The molecular weight excluding hydrogens is 226 g/mol. The van der Waals surface area contributed by atoms with E-state index in [9.17, 15) is 0 Å². The number of hydrogen-bond donors (Lipinski definition) is 1. The molecule has 1 aromatic heterocycles. The minimum Gasteiger partial charge on any atom is -0.481 e. The van der Waals surface area contributed by atoms with E-state index in [0.717, 1.165) is 24.3 Å². The number of hydrogen-bond acceptors (Lipinski definition) is 3. The fourth-order valence-electron chi connectivity index (χ4n) is 1.84. The van der Waals surface area contributed by atoms with Gasteiger partial charge in [0.05, 0.1) is 12.4 Å². The maximum Gasteiger partial charge on any atom is 0.158 e. The molecule has 4 heteroatoms. The molecule has 0 saturated heterocycles. The topological polar surface area (TPSA) is 53.1 Å². The van der Waals surface area contributed by atoms with Crippen molar-refractivity contribution in [3.8, 4) is 5.75 Å². The highest BCUT2D eigenvalue weighted by Crippen LogP contribution is 2.20. The normalized spacial score (nSPS) is 12.3. The Labute approximate surface area is 107 Å². The van der Waals surface area contributed by atoms with Crippen LogP contribution in [-0.4, -0.2) is 16.3 Å². The van der Waals surface area contributed by atoms with Crippen LogP contribution in [0.25, 0.3) is 0 Å². The molecule has 96 valence electrons. The van der Waals surface area contributed by atoms with Crippen molar-refractivity contribution < 1.29 is 4.74 Å². The van der Waals surface area contributed by atoms with Gasteiger partial charge in [0.2, 0.25) is 0 Å². The zero-order chi connectivity index (χ0) is 12.8. The molecule has 0 aliphatic rings. The first-order chi connectivity index (χ1) is 8.83. The Balaban J connectivity index is 2.06. The largest absolute Gasteiger partial charge is 0.481 e. The average Bonchev–Trinajstić information content (AvgIpc) is 2.85. The standard InChI is InChI=1S/C14H19N3O/c1-2-8-17-11-13(10-16-17)18-14(9-15)12-6-4-3-5-7-12/h3-7,10-11,14H,2,8-9,15H2,1H3. The molecule has 0 radical (unpaired) electrons. The Bertz CT molecular complexity index is 467. The summed E-state index contributed by atoms with van der Waals surface area (Å²) in [7, 11) is 0. The Morgan fingerprint density at radius 3 is 2.78 bits per heavy atom. The molecule has 0 amide bonds. The van der Waals surface area contributed by atoms with Gasteiger partial charge in [-0.05, 0) is 12.0 Å². The van der Waals surface area contributed by atoms with Crippen molar-refractivity contribution in [1.29, 1.82) is 0 Å². The second-order valence-corrected chi connectivity index (χ2v) is 4.19. The van der Waals surface area contributed by atoms with Crippen LogP contribution in [0.15, 0.2) is 42.7 Å². The lowest BCUT2D eigenvalue weighted by molar-refractivity contribution is 0.214. The van der Waals surface area contributed by atoms with Crippen molar-refractivity contribution in [1.82, 2.24) is 9.78 Å². The second-order valence-electron chi connectivity index (χ2n) is 4.19. The molecular formula is C14H19N3O. The van der Waals surface area contributed by atoms with Gasteiger partial charge >= 0.3 is 0 Å². The number of nitrogens with two attached hydrogens (primary N) is 1. The second kappa shape index (κ2) is 6.21. The maximum atomic E-state index is 5.87. The zero-order valence-electron chi connectivity index (χ0n) is 10.6. The van der Waals surface area contributed by atoms with Gasteiger partial charge in [0.1, 0.15) is 6.10 Å². The van der Waals surface area contributed by atoms with Crippen molar-refractivity contribution in [3.05, 3.63) is 48.3 Å². The van der Waals surface area contributed by atoms with E-state index in [1.54, 1.807) is 6.20 Å². The van der Waals surface area contributed by atoms with Crippen molar-refractivity contribution in [2.75, 3.05) is 6.54 Å². The number of ether oxygens (including phenoxy) is 1. The lowest BCUT2D eigenvalue weighted by Gasteiger charge is -2.16. The minimum atomic E-state index is -0.120. The van der Waals surface area contributed by atoms with Gasteiger partial charge in [0, 0.05) is 13.1 Å². The molecule has 4 nitrogen and oxygen atoms in total. The Kier molecular flexibility index (Phi) is 4.36. The molecule has 1 heterocycles. The van der Waals surface area contributed by atoms with Crippen LogP contribution in [0.5, 0.6) is 5.75 Å². The highest BCUT2D eigenvalue weighted by atomic mass is 16.5. The van der Waals surface area contributed by atoms with Gasteiger partial charge in [-0.25, -0.2) is 0 Å². The smallest absolute Gasteiger partial charge is 0.158 e. The summed E-state index contributed by atoms with van der Waals surface area (Å²) < 4.78 is 7.75. The molecule has 1 aromatic carbocycles. The lowest BCUT2D eigenvalue weighted by atomic mass is 10.1. The molecule has 1 atom stereocenters. The van der Waals surface area contributed by atoms with E-state index in [1.807, 2.05) is 41.2 Å². The summed E-state index contributed by atoms with van der Waals surface area (Å²) in [6.45, 7) is 3.47. The predicted molar refractivity (Wildman–Crippen MR) is 71.4 cm³/mol. The predicted octanol–water partition coefficient (Wildman–Crippen LogP) is 2.37. The highest BCUT2D eigenvalue weighted by molar-refractivity contribution is 5.21. The van der Waals surface area contributed by atoms with Crippen LogP contribution in [0, 0.1) is 0 Å². The third-order valence-electron chi connectivity index (χ3n) is 2.73. The lowest BCUT2D eigenvalue weighted by Crippen LogP contribution is -2.18. The van der Waals surface area contributed by atoms with E-state index in [2.05, 4.69) is 12.0 Å². The van der Waals surface area contributed by atoms with E-state index in [1.165, 1.54) is 0 Å². The molecule has 0 bridgehead atoms. The van der Waals surface area contributed by atoms with Crippen molar-refractivity contribution in [3.63, 3.8) is 0 Å². The summed E-state index contributed by atoms with van der Waals surface area (Å²) in [5.41, 5.74) is 6.85. The van der Waals surface area contributed by atoms with Gasteiger partial charge in [0.15, 0.2) is 5.75 Å².